The highest BCUT2D eigenvalue weighted by molar-refractivity contribution is 5.85. The van der Waals surface area contributed by atoms with Crippen LogP contribution in [0, 0.1) is 5.82 Å². The highest BCUT2D eigenvalue weighted by atomic mass is 19.1. The minimum Gasteiger partial charge on any atom is -0.257 e. The third-order valence-corrected chi connectivity index (χ3v) is 3.77. The molecule has 0 atom stereocenters. The van der Waals surface area contributed by atoms with Crippen LogP contribution in [-0.4, -0.2) is 4.98 Å². The number of hydrogen-bond donors (Lipinski definition) is 0. The molecule has 0 N–H and O–H groups in total. The molecule has 1 aromatic heterocycles. The Labute approximate surface area is 101 Å². The van der Waals surface area contributed by atoms with Crippen LogP contribution in [0.15, 0.2) is 30.5 Å². The molecule has 2 heteroatoms. The van der Waals surface area contributed by atoms with Crippen LogP contribution in [0.1, 0.15) is 43.7 Å². The molecule has 0 unspecified atom stereocenters. The fraction of sp³-hybridized carbons (Fsp3) is 0.400. The van der Waals surface area contributed by atoms with Crippen molar-refractivity contribution in [2.45, 2.75) is 38.0 Å². The zero-order valence-electron chi connectivity index (χ0n) is 9.82. The Hall–Kier alpha value is -1.44. The first-order chi connectivity index (χ1) is 8.36. The van der Waals surface area contributed by atoms with E-state index < -0.39 is 0 Å². The fourth-order valence-electron chi connectivity index (χ4n) is 2.88. The van der Waals surface area contributed by atoms with Crippen LogP contribution >= 0.6 is 0 Å². The predicted molar refractivity (Wildman–Crippen MR) is 67.5 cm³/mol. The number of benzene rings is 1. The molecule has 2 aromatic rings. The van der Waals surface area contributed by atoms with Crippen LogP contribution in [0.2, 0.25) is 0 Å². The van der Waals surface area contributed by atoms with Crippen LogP contribution < -0.4 is 0 Å². The molecule has 17 heavy (non-hydrogen) atoms. The van der Waals surface area contributed by atoms with Crippen molar-refractivity contribution in [3.05, 3.63) is 42.0 Å². The monoisotopic (exact) mass is 229 g/mol. The van der Waals surface area contributed by atoms with E-state index in [4.69, 9.17) is 0 Å². The molecule has 1 aliphatic carbocycles. The van der Waals surface area contributed by atoms with E-state index in [-0.39, 0.29) is 5.82 Å². The zero-order chi connectivity index (χ0) is 11.7. The Bertz CT molecular complexity index is 529. The smallest absolute Gasteiger partial charge is 0.149 e. The number of nitrogens with zero attached hydrogens (tertiary/aromatic N) is 1. The highest BCUT2D eigenvalue weighted by Gasteiger charge is 2.19. The van der Waals surface area contributed by atoms with Crippen LogP contribution in [0.5, 0.6) is 0 Å². The molecule has 1 aliphatic rings. The lowest BCUT2D eigenvalue weighted by atomic mass is 9.85. The quantitative estimate of drug-likeness (QED) is 0.705. The van der Waals surface area contributed by atoms with E-state index in [9.17, 15) is 4.39 Å². The van der Waals surface area contributed by atoms with Crippen molar-refractivity contribution < 1.29 is 4.39 Å². The van der Waals surface area contributed by atoms with Gasteiger partial charge in [0, 0.05) is 16.7 Å². The first-order valence-corrected chi connectivity index (χ1v) is 6.39. The minimum atomic E-state index is -0.208. The van der Waals surface area contributed by atoms with Crippen molar-refractivity contribution in [3.63, 3.8) is 0 Å². The molecule has 1 fully saturated rings. The van der Waals surface area contributed by atoms with Gasteiger partial charge >= 0.3 is 0 Å². The molecule has 88 valence electrons. The van der Waals surface area contributed by atoms with Crippen molar-refractivity contribution in [2.24, 2.45) is 0 Å². The molecular weight excluding hydrogens is 213 g/mol. The molecule has 0 amide bonds. The average molecular weight is 229 g/mol. The van der Waals surface area contributed by atoms with Gasteiger partial charge in [0.2, 0.25) is 0 Å². The van der Waals surface area contributed by atoms with Gasteiger partial charge in [0.1, 0.15) is 5.82 Å². The van der Waals surface area contributed by atoms with Crippen molar-refractivity contribution >= 4 is 10.8 Å². The number of halogens is 1. The maximum absolute atomic E-state index is 13.7. The molecule has 3 rings (SSSR count). The second kappa shape index (κ2) is 4.44. The minimum absolute atomic E-state index is 0.208. The van der Waals surface area contributed by atoms with Crippen molar-refractivity contribution in [2.75, 3.05) is 0 Å². The first-order valence-electron chi connectivity index (χ1n) is 6.39. The molecule has 0 saturated heterocycles. The standard InChI is InChI=1S/C15H16FN/c16-14-10-17-15(11-6-2-1-3-7-11)13-9-5-4-8-12(13)14/h4-5,8-11H,1-3,6-7H2. The molecule has 0 spiro atoms. The lowest BCUT2D eigenvalue weighted by molar-refractivity contribution is 0.438. The van der Waals surface area contributed by atoms with Crippen molar-refractivity contribution in [3.8, 4) is 0 Å². The molecule has 0 bridgehead atoms. The molecule has 1 saturated carbocycles. The van der Waals surface area contributed by atoms with Gasteiger partial charge in [-0.1, -0.05) is 43.5 Å². The maximum Gasteiger partial charge on any atom is 0.149 e. The Morgan fingerprint density at radius 1 is 1.00 bits per heavy atom. The lowest BCUT2D eigenvalue weighted by Crippen LogP contribution is -2.07. The zero-order valence-corrected chi connectivity index (χ0v) is 9.82. The van der Waals surface area contributed by atoms with Crippen molar-refractivity contribution in [1.82, 2.24) is 4.98 Å². The second-order valence-electron chi connectivity index (χ2n) is 4.87. The van der Waals surface area contributed by atoms with Gasteiger partial charge in [-0.05, 0) is 12.8 Å². The van der Waals surface area contributed by atoms with E-state index in [0.29, 0.717) is 11.3 Å². The number of fused-ring (bicyclic) bond motifs is 1. The maximum atomic E-state index is 13.7. The summed E-state index contributed by atoms with van der Waals surface area (Å²) < 4.78 is 13.7. The normalized spacial score (nSPS) is 17.5. The Morgan fingerprint density at radius 3 is 2.47 bits per heavy atom. The van der Waals surface area contributed by atoms with Gasteiger partial charge in [-0.25, -0.2) is 4.39 Å². The molecule has 1 heterocycles. The van der Waals surface area contributed by atoms with Gasteiger partial charge in [-0.2, -0.15) is 0 Å². The Balaban J connectivity index is 2.12. The van der Waals surface area contributed by atoms with E-state index in [2.05, 4.69) is 4.98 Å². The number of aromatic nitrogens is 1. The summed E-state index contributed by atoms with van der Waals surface area (Å²) in [5, 5.41) is 1.71. The number of pyridine rings is 1. The third kappa shape index (κ3) is 1.92. The summed E-state index contributed by atoms with van der Waals surface area (Å²) >= 11 is 0. The summed E-state index contributed by atoms with van der Waals surface area (Å²) in [6.07, 6.45) is 7.66. The van der Waals surface area contributed by atoms with Gasteiger partial charge in [-0.15, -0.1) is 0 Å². The van der Waals surface area contributed by atoms with Crippen LogP contribution in [-0.2, 0) is 0 Å². The fourth-order valence-corrected chi connectivity index (χ4v) is 2.88. The largest absolute Gasteiger partial charge is 0.257 e. The summed E-state index contributed by atoms with van der Waals surface area (Å²) in [7, 11) is 0. The molecule has 0 aliphatic heterocycles. The summed E-state index contributed by atoms with van der Waals surface area (Å²) in [4.78, 5) is 4.36. The highest BCUT2D eigenvalue weighted by Crippen LogP contribution is 2.35. The van der Waals surface area contributed by atoms with Crippen LogP contribution in [0.3, 0.4) is 0 Å². The van der Waals surface area contributed by atoms with E-state index in [0.717, 1.165) is 11.1 Å². The molecule has 1 nitrogen and oxygen atoms in total. The molecular formula is C15H16FN. The van der Waals surface area contributed by atoms with E-state index >= 15 is 0 Å². The first kappa shape index (κ1) is 10.7. The van der Waals surface area contributed by atoms with E-state index in [1.165, 1.54) is 38.3 Å². The SMILES string of the molecule is Fc1cnc(C2CCCCC2)c2ccccc12. The summed E-state index contributed by atoms with van der Waals surface area (Å²) in [5.74, 6) is 0.314. The van der Waals surface area contributed by atoms with Gasteiger partial charge in [0.05, 0.1) is 11.9 Å². The predicted octanol–water partition coefficient (Wildman–Crippen LogP) is 4.42. The van der Waals surface area contributed by atoms with Gasteiger partial charge in [-0.3, -0.25) is 4.98 Å². The van der Waals surface area contributed by atoms with E-state index in [1.54, 1.807) is 0 Å². The average Bonchev–Trinajstić information content (AvgIpc) is 2.41. The number of hydrogen-bond acceptors (Lipinski definition) is 1. The van der Waals surface area contributed by atoms with Crippen LogP contribution in [0.25, 0.3) is 10.8 Å². The van der Waals surface area contributed by atoms with E-state index in [1.807, 2.05) is 24.3 Å². The second-order valence-corrected chi connectivity index (χ2v) is 4.87. The lowest BCUT2D eigenvalue weighted by Gasteiger charge is -2.22. The molecule has 1 aromatic carbocycles. The Morgan fingerprint density at radius 2 is 1.71 bits per heavy atom. The van der Waals surface area contributed by atoms with Crippen molar-refractivity contribution in [1.29, 1.82) is 0 Å². The number of rotatable bonds is 1. The summed E-state index contributed by atoms with van der Waals surface area (Å²) in [6.45, 7) is 0. The molecule has 0 radical (unpaired) electrons. The summed E-state index contributed by atoms with van der Waals surface area (Å²) in [5.41, 5.74) is 1.10. The van der Waals surface area contributed by atoms with Gasteiger partial charge in [0.15, 0.2) is 0 Å². The Kier molecular flexibility index (Phi) is 2.79. The van der Waals surface area contributed by atoms with Crippen LogP contribution in [0.4, 0.5) is 4.39 Å². The third-order valence-electron chi connectivity index (χ3n) is 3.77. The van der Waals surface area contributed by atoms with Gasteiger partial charge < -0.3 is 0 Å². The summed E-state index contributed by atoms with van der Waals surface area (Å²) in [6, 6.07) is 7.69. The van der Waals surface area contributed by atoms with Gasteiger partial charge in [0.25, 0.3) is 0 Å². The topological polar surface area (TPSA) is 12.9 Å².